The summed E-state index contributed by atoms with van der Waals surface area (Å²) in [6, 6.07) is 8.28. The van der Waals surface area contributed by atoms with Gasteiger partial charge in [-0.1, -0.05) is 18.2 Å². The molecule has 1 atom stereocenters. The van der Waals surface area contributed by atoms with Gasteiger partial charge in [0.05, 0.1) is 0 Å². The molecule has 2 rings (SSSR count). The lowest BCUT2D eigenvalue weighted by Crippen LogP contribution is -2.39. The minimum absolute atomic E-state index is 0.206. The molecule has 0 bridgehead atoms. The molecule has 3 heteroatoms. The molecule has 0 aromatic heterocycles. The molecule has 106 valence electrons. The summed E-state index contributed by atoms with van der Waals surface area (Å²) >= 11 is 0. The minimum Gasteiger partial charge on any atom is -0.489 e. The van der Waals surface area contributed by atoms with Crippen LogP contribution in [0, 0.1) is 0 Å². The van der Waals surface area contributed by atoms with Crippen molar-refractivity contribution in [2.45, 2.75) is 44.8 Å². The Morgan fingerprint density at radius 2 is 2.11 bits per heavy atom. The van der Waals surface area contributed by atoms with E-state index in [1.165, 1.54) is 18.5 Å². The summed E-state index contributed by atoms with van der Waals surface area (Å²) in [5.74, 6) is 1.00. The lowest BCUT2D eigenvalue weighted by Gasteiger charge is -2.31. The van der Waals surface area contributed by atoms with Gasteiger partial charge in [-0.3, -0.25) is 0 Å². The van der Waals surface area contributed by atoms with Crippen LogP contribution in [0.25, 0.3) is 0 Å². The molecule has 0 saturated carbocycles. The second-order valence-electron chi connectivity index (χ2n) is 6.42. The summed E-state index contributed by atoms with van der Waals surface area (Å²) in [6.45, 7) is 6.30. The summed E-state index contributed by atoms with van der Waals surface area (Å²) in [6.07, 6.45) is 3.50. The van der Waals surface area contributed by atoms with Crippen molar-refractivity contribution in [2.24, 2.45) is 5.73 Å². The van der Waals surface area contributed by atoms with Crippen molar-refractivity contribution in [1.29, 1.82) is 0 Å². The van der Waals surface area contributed by atoms with E-state index < -0.39 is 0 Å². The second-order valence-corrected chi connectivity index (χ2v) is 6.42. The van der Waals surface area contributed by atoms with Crippen molar-refractivity contribution in [1.82, 2.24) is 4.90 Å². The molecule has 3 nitrogen and oxygen atoms in total. The molecule has 1 heterocycles. The normalized spacial score (nSPS) is 21.4. The molecular formula is C16H26N2O. The van der Waals surface area contributed by atoms with Gasteiger partial charge in [-0.15, -0.1) is 0 Å². The van der Waals surface area contributed by atoms with Crippen LogP contribution in [-0.2, 0) is 6.42 Å². The van der Waals surface area contributed by atoms with Gasteiger partial charge in [0, 0.05) is 12.1 Å². The highest BCUT2D eigenvalue weighted by molar-refractivity contribution is 5.34. The summed E-state index contributed by atoms with van der Waals surface area (Å²) in [5, 5.41) is 0. The molecule has 2 N–H and O–H groups in total. The zero-order valence-corrected chi connectivity index (χ0v) is 12.4. The van der Waals surface area contributed by atoms with E-state index in [0.29, 0.717) is 6.10 Å². The maximum atomic E-state index is 6.21. The Morgan fingerprint density at radius 3 is 2.79 bits per heavy atom. The maximum Gasteiger partial charge on any atom is 0.123 e. The maximum absolute atomic E-state index is 6.21. The molecule has 0 radical (unpaired) electrons. The summed E-state index contributed by atoms with van der Waals surface area (Å²) < 4.78 is 6.21. The Hall–Kier alpha value is -1.06. The first-order chi connectivity index (χ1) is 8.94. The van der Waals surface area contributed by atoms with Gasteiger partial charge in [0.15, 0.2) is 0 Å². The molecular weight excluding hydrogens is 236 g/mol. The van der Waals surface area contributed by atoms with Crippen LogP contribution in [0.2, 0.25) is 0 Å². The zero-order valence-electron chi connectivity index (χ0n) is 12.4. The second kappa shape index (κ2) is 5.93. The number of piperidine rings is 1. The fourth-order valence-electron chi connectivity index (χ4n) is 2.65. The first-order valence-corrected chi connectivity index (χ1v) is 7.16. The molecule has 1 unspecified atom stereocenters. The lowest BCUT2D eigenvalue weighted by atomic mass is 9.95. The molecule has 1 fully saturated rings. The van der Waals surface area contributed by atoms with E-state index in [1.54, 1.807) is 0 Å². The van der Waals surface area contributed by atoms with Crippen molar-refractivity contribution in [2.75, 3.05) is 20.1 Å². The number of ether oxygens (including phenoxy) is 1. The van der Waals surface area contributed by atoms with Crippen molar-refractivity contribution >= 4 is 0 Å². The van der Waals surface area contributed by atoms with Crippen molar-refractivity contribution < 1.29 is 4.74 Å². The first kappa shape index (κ1) is 14.4. The molecule has 0 amide bonds. The average molecular weight is 262 g/mol. The number of likely N-dealkylation sites (tertiary alicyclic amines) is 1. The standard InChI is InChI=1S/C16H26N2O/c1-16(2,17)11-13-7-4-5-9-15(13)19-14-8-6-10-18(3)12-14/h4-5,7,9,14H,6,8,10-12,17H2,1-3H3. The van der Waals surface area contributed by atoms with E-state index in [2.05, 4.69) is 44.0 Å². The van der Waals surface area contributed by atoms with Gasteiger partial charge in [0.2, 0.25) is 0 Å². The van der Waals surface area contributed by atoms with Crippen LogP contribution >= 0.6 is 0 Å². The molecule has 1 aromatic rings. The third kappa shape index (κ3) is 4.51. The molecule has 1 aromatic carbocycles. The van der Waals surface area contributed by atoms with Crippen LogP contribution in [0.4, 0.5) is 0 Å². The Labute approximate surface area is 116 Å². The van der Waals surface area contributed by atoms with Crippen LogP contribution < -0.4 is 10.5 Å². The third-order valence-electron chi connectivity index (χ3n) is 3.49. The van der Waals surface area contributed by atoms with Gasteiger partial charge >= 0.3 is 0 Å². The van der Waals surface area contributed by atoms with Gasteiger partial charge in [0.1, 0.15) is 11.9 Å². The van der Waals surface area contributed by atoms with E-state index in [9.17, 15) is 0 Å². The Morgan fingerprint density at radius 1 is 1.37 bits per heavy atom. The fraction of sp³-hybridized carbons (Fsp3) is 0.625. The lowest BCUT2D eigenvalue weighted by molar-refractivity contribution is 0.103. The number of nitrogens with zero attached hydrogens (tertiary/aromatic N) is 1. The van der Waals surface area contributed by atoms with Gasteiger partial charge in [-0.25, -0.2) is 0 Å². The number of rotatable bonds is 4. The molecule has 1 aliphatic rings. The smallest absolute Gasteiger partial charge is 0.123 e. The van der Waals surface area contributed by atoms with E-state index in [4.69, 9.17) is 10.5 Å². The number of hydrogen-bond acceptors (Lipinski definition) is 3. The van der Waals surface area contributed by atoms with Crippen LogP contribution in [0.5, 0.6) is 5.75 Å². The monoisotopic (exact) mass is 262 g/mol. The van der Waals surface area contributed by atoms with Crippen LogP contribution in [0.15, 0.2) is 24.3 Å². The number of hydrogen-bond donors (Lipinski definition) is 1. The van der Waals surface area contributed by atoms with E-state index in [0.717, 1.165) is 25.1 Å². The highest BCUT2D eigenvalue weighted by Gasteiger charge is 2.21. The van der Waals surface area contributed by atoms with Crippen LogP contribution in [-0.4, -0.2) is 36.7 Å². The van der Waals surface area contributed by atoms with Crippen molar-refractivity contribution in [3.05, 3.63) is 29.8 Å². The van der Waals surface area contributed by atoms with Gasteiger partial charge in [0.25, 0.3) is 0 Å². The molecule has 1 aliphatic heterocycles. The minimum atomic E-state index is -0.206. The van der Waals surface area contributed by atoms with E-state index >= 15 is 0 Å². The highest BCUT2D eigenvalue weighted by atomic mass is 16.5. The van der Waals surface area contributed by atoms with E-state index in [1.807, 2.05) is 6.07 Å². The Kier molecular flexibility index (Phi) is 4.48. The SMILES string of the molecule is CN1CCCC(Oc2ccccc2CC(C)(C)N)C1. The van der Waals surface area contributed by atoms with Crippen LogP contribution in [0.1, 0.15) is 32.3 Å². The predicted octanol–water partition coefficient (Wildman–Crippen LogP) is 2.44. The topological polar surface area (TPSA) is 38.5 Å². The Balaban J connectivity index is 2.07. The van der Waals surface area contributed by atoms with Gasteiger partial charge in [-0.05, 0) is 58.3 Å². The molecule has 19 heavy (non-hydrogen) atoms. The Bertz CT molecular complexity index is 411. The molecule has 0 spiro atoms. The quantitative estimate of drug-likeness (QED) is 0.906. The van der Waals surface area contributed by atoms with Gasteiger partial charge in [-0.2, -0.15) is 0 Å². The largest absolute Gasteiger partial charge is 0.489 e. The van der Waals surface area contributed by atoms with Crippen LogP contribution in [0.3, 0.4) is 0 Å². The molecule has 1 saturated heterocycles. The zero-order chi connectivity index (χ0) is 13.9. The number of likely N-dealkylation sites (N-methyl/N-ethyl adjacent to an activating group) is 1. The first-order valence-electron chi connectivity index (χ1n) is 7.16. The van der Waals surface area contributed by atoms with Crippen molar-refractivity contribution in [3.63, 3.8) is 0 Å². The number of para-hydroxylation sites is 1. The average Bonchev–Trinajstić information content (AvgIpc) is 2.30. The summed E-state index contributed by atoms with van der Waals surface area (Å²) in [5.41, 5.74) is 7.13. The summed E-state index contributed by atoms with van der Waals surface area (Å²) in [7, 11) is 2.16. The summed E-state index contributed by atoms with van der Waals surface area (Å²) in [4.78, 5) is 2.34. The number of benzene rings is 1. The molecule has 0 aliphatic carbocycles. The van der Waals surface area contributed by atoms with Gasteiger partial charge < -0.3 is 15.4 Å². The van der Waals surface area contributed by atoms with E-state index in [-0.39, 0.29) is 5.54 Å². The predicted molar refractivity (Wildman–Crippen MR) is 79.6 cm³/mol. The fourth-order valence-corrected chi connectivity index (χ4v) is 2.65. The highest BCUT2D eigenvalue weighted by Crippen LogP contribution is 2.25. The van der Waals surface area contributed by atoms with Crippen molar-refractivity contribution in [3.8, 4) is 5.75 Å². The number of nitrogens with two attached hydrogens (primary N) is 1. The third-order valence-corrected chi connectivity index (χ3v) is 3.49.